The summed E-state index contributed by atoms with van der Waals surface area (Å²) in [7, 11) is 1.83. The van der Waals surface area contributed by atoms with E-state index >= 15 is 0 Å². The molecule has 7 nitrogen and oxygen atoms in total. The zero-order chi connectivity index (χ0) is 15.0. The largest absolute Gasteiger partial charge is 0.339 e. The average molecular weight is 289 g/mol. The molecule has 1 amide bonds. The highest BCUT2D eigenvalue weighted by molar-refractivity contribution is 5.95. The predicted octanol–water partition coefficient (Wildman–Crippen LogP) is 1.44. The molecule has 3 rings (SSSR count). The zero-order valence-electron chi connectivity index (χ0n) is 12.5. The first kappa shape index (κ1) is 13.8. The molecule has 0 aromatic carbocycles. The van der Waals surface area contributed by atoms with Gasteiger partial charge in [-0.1, -0.05) is 5.16 Å². The first-order valence-electron chi connectivity index (χ1n) is 7.14. The molecule has 0 spiro atoms. The van der Waals surface area contributed by atoms with Crippen molar-refractivity contribution in [2.24, 2.45) is 7.05 Å². The topological polar surface area (TPSA) is 77.0 Å². The summed E-state index contributed by atoms with van der Waals surface area (Å²) >= 11 is 0. The van der Waals surface area contributed by atoms with E-state index in [-0.39, 0.29) is 11.8 Å². The van der Waals surface area contributed by atoms with E-state index in [1.165, 1.54) is 0 Å². The second kappa shape index (κ2) is 5.31. The summed E-state index contributed by atoms with van der Waals surface area (Å²) in [6, 6.07) is 0. The molecule has 1 saturated heterocycles. The van der Waals surface area contributed by atoms with Crippen LogP contribution in [-0.4, -0.2) is 43.8 Å². The Morgan fingerprint density at radius 3 is 2.57 bits per heavy atom. The van der Waals surface area contributed by atoms with Crippen molar-refractivity contribution in [1.29, 1.82) is 0 Å². The number of rotatable bonds is 2. The molecule has 7 heteroatoms. The standard InChI is InChI=1S/C14H19N5O2/c1-9-12(8-18(3)16-9)14(20)19-6-4-11(5-7-19)13-15-10(2)17-21-13/h8,11H,4-7H2,1-3H3. The Morgan fingerprint density at radius 1 is 1.33 bits per heavy atom. The van der Waals surface area contributed by atoms with Crippen LogP contribution in [0.2, 0.25) is 0 Å². The molecule has 1 fully saturated rings. The molecule has 3 heterocycles. The fourth-order valence-electron chi connectivity index (χ4n) is 2.79. The smallest absolute Gasteiger partial charge is 0.257 e. The third-order valence-corrected chi connectivity index (χ3v) is 3.92. The number of carbonyl (C=O) groups excluding carboxylic acids is 1. The number of carbonyl (C=O) groups is 1. The van der Waals surface area contributed by atoms with Gasteiger partial charge in [-0.2, -0.15) is 10.1 Å². The molecule has 1 aliphatic heterocycles. The lowest BCUT2D eigenvalue weighted by molar-refractivity contribution is 0.0703. The van der Waals surface area contributed by atoms with E-state index in [2.05, 4.69) is 15.2 Å². The predicted molar refractivity (Wildman–Crippen MR) is 74.9 cm³/mol. The highest BCUT2D eigenvalue weighted by Crippen LogP contribution is 2.27. The van der Waals surface area contributed by atoms with Crippen molar-refractivity contribution in [3.8, 4) is 0 Å². The van der Waals surface area contributed by atoms with E-state index in [9.17, 15) is 4.79 Å². The summed E-state index contributed by atoms with van der Waals surface area (Å²) in [4.78, 5) is 18.7. The first-order valence-corrected chi connectivity index (χ1v) is 7.14. The van der Waals surface area contributed by atoms with Crippen molar-refractivity contribution >= 4 is 5.91 Å². The van der Waals surface area contributed by atoms with Crippen LogP contribution in [0.4, 0.5) is 0 Å². The number of aryl methyl sites for hydroxylation is 3. The minimum Gasteiger partial charge on any atom is -0.339 e. The van der Waals surface area contributed by atoms with Crippen molar-refractivity contribution < 1.29 is 9.32 Å². The molecule has 0 saturated carbocycles. The number of hydrogen-bond donors (Lipinski definition) is 0. The van der Waals surface area contributed by atoms with E-state index in [0.29, 0.717) is 30.4 Å². The van der Waals surface area contributed by atoms with Gasteiger partial charge in [0.05, 0.1) is 11.3 Å². The number of piperidine rings is 1. The van der Waals surface area contributed by atoms with Gasteiger partial charge in [0.1, 0.15) is 0 Å². The minimum atomic E-state index is 0.0563. The van der Waals surface area contributed by atoms with Crippen molar-refractivity contribution in [2.75, 3.05) is 13.1 Å². The Hall–Kier alpha value is -2.18. The molecular formula is C14H19N5O2. The number of hydrogen-bond acceptors (Lipinski definition) is 5. The SMILES string of the molecule is Cc1noc(C2CCN(C(=O)c3cn(C)nc3C)CC2)n1. The van der Waals surface area contributed by atoms with Gasteiger partial charge < -0.3 is 9.42 Å². The van der Waals surface area contributed by atoms with Crippen molar-refractivity contribution in [1.82, 2.24) is 24.8 Å². The average Bonchev–Trinajstić information content (AvgIpc) is 3.04. The minimum absolute atomic E-state index is 0.0563. The molecule has 0 aliphatic carbocycles. The fourth-order valence-corrected chi connectivity index (χ4v) is 2.79. The van der Waals surface area contributed by atoms with Crippen LogP contribution in [-0.2, 0) is 7.05 Å². The summed E-state index contributed by atoms with van der Waals surface area (Å²) in [5.74, 6) is 1.66. The van der Waals surface area contributed by atoms with E-state index < -0.39 is 0 Å². The lowest BCUT2D eigenvalue weighted by Gasteiger charge is -2.30. The molecule has 0 atom stereocenters. The maximum Gasteiger partial charge on any atom is 0.257 e. The lowest BCUT2D eigenvalue weighted by Crippen LogP contribution is -2.38. The van der Waals surface area contributed by atoms with E-state index in [4.69, 9.17) is 4.52 Å². The Bertz CT molecular complexity index is 652. The third kappa shape index (κ3) is 2.68. The molecule has 0 bridgehead atoms. The van der Waals surface area contributed by atoms with Gasteiger partial charge in [-0.05, 0) is 26.7 Å². The molecule has 2 aromatic heterocycles. The maximum atomic E-state index is 12.5. The van der Waals surface area contributed by atoms with Gasteiger partial charge in [0.15, 0.2) is 5.82 Å². The lowest BCUT2D eigenvalue weighted by atomic mass is 9.96. The van der Waals surface area contributed by atoms with Crippen LogP contribution < -0.4 is 0 Å². The molecule has 0 unspecified atom stereocenters. The Labute approximate surface area is 122 Å². The van der Waals surface area contributed by atoms with Crippen LogP contribution in [0.25, 0.3) is 0 Å². The molecule has 0 radical (unpaired) electrons. The van der Waals surface area contributed by atoms with Gasteiger partial charge in [-0.25, -0.2) is 0 Å². The number of likely N-dealkylation sites (tertiary alicyclic amines) is 1. The third-order valence-electron chi connectivity index (χ3n) is 3.92. The summed E-state index contributed by atoms with van der Waals surface area (Å²) in [6.45, 7) is 5.09. The molecule has 21 heavy (non-hydrogen) atoms. The summed E-state index contributed by atoms with van der Waals surface area (Å²) < 4.78 is 6.91. The van der Waals surface area contributed by atoms with Crippen LogP contribution in [0, 0.1) is 13.8 Å². The zero-order valence-corrected chi connectivity index (χ0v) is 12.5. The van der Waals surface area contributed by atoms with Gasteiger partial charge in [0, 0.05) is 32.3 Å². The fraction of sp³-hybridized carbons (Fsp3) is 0.571. The second-order valence-electron chi connectivity index (χ2n) is 5.55. The van der Waals surface area contributed by atoms with Crippen LogP contribution in [0.3, 0.4) is 0 Å². The van der Waals surface area contributed by atoms with Crippen LogP contribution >= 0.6 is 0 Å². The van der Waals surface area contributed by atoms with Gasteiger partial charge >= 0.3 is 0 Å². The van der Waals surface area contributed by atoms with Gasteiger partial charge in [0.2, 0.25) is 5.89 Å². The molecule has 0 N–H and O–H groups in total. The summed E-state index contributed by atoms with van der Waals surface area (Å²) in [5, 5.41) is 8.06. The Kier molecular flexibility index (Phi) is 3.48. The Balaban J connectivity index is 1.65. The van der Waals surface area contributed by atoms with Gasteiger partial charge in [0.25, 0.3) is 5.91 Å². The van der Waals surface area contributed by atoms with Gasteiger partial charge in [-0.3, -0.25) is 9.48 Å². The maximum absolute atomic E-state index is 12.5. The molecule has 1 aliphatic rings. The van der Waals surface area contributed by atoms with Crippen molar-refractivity contribution in [2.45, 2.75) is 32.6 Å². The molecule has 112 valence electrons. The molecule has 2 aromatic rings. The normalized spacial score (nSPS) is 16.4. The second-order valence-corrected chi connectivity index (χ2v) is 5.55. The van der Waals surface area contributed by atoms with Crippen molar-refractivity contribution in [3.63, 3.8) is 0 Å². The van der Waals surface area contributed by atoms with E-state index in [0.717, 1.165) is 18.5 Å². The molecular weight excluding hydrogens is 270 g/mol. The quantitative estimate of drug-likeness (QED) is 0.836. The first-order chi connectivity index (χ1) is 10.0. The van der Waals surface area contributed by atoms with Gasteiger partial charge in [-0.15, -0.1) is 0 Å². The highest BCUT2D eigenvalue weighted by Gasteiger charge is 2.28. The number of aromatic nitrogens is 4. The van der Waals surface area contributed by atoms with Crippen molar-refractivity contribution in [3.05, 3.63) is 29.2 Å². The highest BCUT2D eigenvalue weighted by atomic mass is 16.5. The van der Waals surface area contributed by atoms with E-state index in [1.54, 1.807) is 10.9 Å². The van der Waals surface area contributed by atoms with Crippen LogP contribution in [0.5, 0.6) is 0 Å². The number of amides is 1. The summed E-state index contributed by atoms with van der Waals surface area (Å²) in [5.41, 5.74) is 1.46. The number of nitrogens with zero attached hydrogens (tertiary/aromatic N) is 5. The van der Waals surface area contributed by atoms with Crippen LogP contribution in [0.15, 0.2) is 10.7 Å². The van der Waals surface area contributed by atoms with E-state index in [1.807, 2.05) is 25.8 Å². The summed E-state index contributed by atoms with van der Waals surface area (Å²) in [6.07, 6.45) is 3.49. The van der Waals surface area contributed by atoms with Crippen LogP contribution in [0.1, 0.15) is 46.5 Å². The monoisotopic (exact) mass is 289 g/mol. The Morgan fingerprint density at radius 2 is 2.05 bits per heavy atom.